The largest absolute Gasteiger partial charge is 0.292 e. The van der Waals surface area contributed by atoms with E-state index in [1.807, 2.05) is 13.8 Å². The summed E-state index contributed by atoms with van der Waals surface area (Å²) in [6.07, 6.45) is 3.23. The Morgan fingerprint density at radius 3 is 2.18 bits per heavy atom. The minimum absolute atomic E-state index is 0.415. The summed E-state index contributed by atoms with van der Waals surface area (Å²) >= 11 is 3.18. The number of nitrogens with one attached hydrogen (secondary N) is 1. The topological polar surface area (TPSA) is 63.8 Å². The Morgan fingerprint density at radius 2 is 1.82 bits per heavy atom. The van der Waals surface area contributed by atoms with Crippen molar-refractivity contribution in [3.8, 4) is 0 Å². The standard InChI is InChI=1S/C4H5BrN4.C2H6/c5-3-1-7-4(9-6)8-2-3;1-2/h1-2H,6H2,(H,7,8,9);1-2H3. The molecule has 3 N–H and O–H groups in total. The molecule has 0 saturated heterocycles. The molecule has 0 radical (unpaired) electrons. The van der Waals surface area contributed by atoms with Gasteiger partial charge in [0.15, 0.2) is 0 Å². The molecular formula is C6H11BrN4. The SMILES string of the molecule is CC.NNc1ncc(Br)cn1. The van der Waals surface area contributed by atoms with Gasteiger partial charge in [-0.3, -0.25) is 5.43 Å². The second-order valence-corrected chi connectivity index (χ2v) is 2.28. The highest BCUT2D eigenvalue weighted by atomic mass is 79.9. The van der Waals surface area contributed by atoms with Gasteiger partial charge in [0.1, 0.15) is 0 Å². The van der Waals surface area contributed by atoms with E-state index in [4.69, 9.17) is 5.84 Å². The summed E-state index contributed by atoms with van der Waals surface area (Å²) in [4.78, 5) is 7.61. The Balaban J connectivity index is 0.000000461. The van der Waals surface area contributed by atoms with Crippen LogP contribution in [0.4, 0.5) is 5.95 Å². The van der Waals surface area contributed by atoms with Gasteiger partial charge >= 0.3 is 0 Å². The van der Waals surface area contributed by atoms with E-state index in [0.717, 1.165) is 4.47 Å². The van der Waals surface area contributed by atoms with Crippen molar-refractivity contribution < 1.29 is 0 Å². The fourth-order valence-electron chi connectivity index (χ4n) is 0.387. The van der Waals surface area contributed by atoms with Crippen molar-refractivity contribution in [2.45, 2.75) is 13.8 Å². The zero-order chi connectivity index (χ0) is 8.69. The molecule has 0 aliphatic carbocycles. The molecule has 11 heavy (non-hydrogen) atoms. The molecule has 1 aromatic rings. The van der Waals surface area contributed by atoms with Gasteiger partial charge in [0.25, 0.3) is 0 Å². The summed E-state index contributed by atoms with van der Waals surface area (Å²) in [5.41, 5.74) is 2.31. The third-order valence-electron chi connectivity index (χ3n) is 0.749. The minimum atomic E-state index is 0.415. The van der Waals surface area contributed by atoms with Gasteiger partial charge in [-0.05, 0) is 15.9 Å². The van der Waals surface area contributed by atoms with Gasteiger partial charge in [0.05, 0.1) is 4.47 Å². The molecule has 0 atom stereocenters. The monoisotopic (exact) mass is 218 g/mol. The van der Waals surface area contributed by atoms with Gasteiger partial charge in [-0.25, -0.2) is 15.8 Å². The normalized spacial score (nSPS) is 8.00. The Bertz CT molecular complexity index is 186. The summed E-state index contributed by atoms with van der Waals surface area (Å²) in [6.45, 7) is 4.00. The number of nitrogens with two attached hydrogens (primary N) is 1. The van der Waals surface area contributed by atoms with Crippen LogP contribution < -0.4 is 11.3 Å². The molecule has 0 fully saturated rings. The van der Waals surface area contributed by atoms with E-state index in [2.05, 4.69) is 31.3 Å². The van der Waals surface area contributed by atoms with Crippen molar-refractivity contribution in [2.24, 2.45) is 5.84 Å². The van der Waals surface area contributed by atoms with Crippen LogP contribution in [-0.4, -0.2) is 9.97 Å². The molecule has 0 bridgehead atoms. The van der Waals surface area contributed by atoms with Crippen LogP contribution in [0.3, 0.4) is 0 Å². The van der Waals surface area contributed by atoms with Crippen molar-refractivity contribution >= 4 is 21.9 Å². The van der Waals surface area contributed by atoms with Gasteiger partial charge in [0, 0.05) is 12.4 Å². The number of hydrogen-bond donors (Lipinski definition) is 2. The zero-order valence-electron chi connectivity index (χ0n) is 6.50. The molecule has 0 unspecified atom stereocenters. The lowest BCUT2D eigenvalue weighted by Gasteiger charge is -1.93. The molecule has 1 rings (SSSR count). The molecule has 4 nitrogen and oxygen atoms in total. The van der Waals surface area contributed by atoms with Crippen LogP contribution in [0.25, 0.3) is 0 Å². The van der Waals surface area contributed by atoms with Crippen molar-refractivity contribution in [1.82, 2.24) is 9.97 Å². The highest BCUT2D eigenvalue weighted by Crippen LogP contribution is 2.05. The van der Waals surface area contributed by atoms with E-state index >= 15 is 0 Å². The second kappa shape index (κ2) is 6.06. The third kappa shape index (κ3) is 3.90. The number of halogens is 1. The van der Waals surface area contributed by atoms with E-state index in [0.29, 0.717) is 5.95 Å². The van der Waals surface area contributed by atoms with Gasteiger partial charge in [-0.1, -0.05) is 13.8 Å². The first kappa shape index (κ1) is 10.3. The van der Waals surface area contributed by atoms with Crippen LogP contribution >= 0.6 is 15.9 Å². The van der Waals surface area contributed by atoms with Crippen LogP contribution in [0.5, 0.6) is 0 Å². The van der Waals surface area contributed by atoms with Crippen LogP contribution in [0, 0.1) is 0 Å². The van der Waals surface area contributed by atoms with Crippen LogP contribution in [0.15, 0.2) is 16.9 Å². The van der Waals surface area contributed by atoms with E-state index in [9.17, 15) is 0 Å². The summed E-state index contributed by atoms with van der Waals surface area (Å²) in [5.74, 6) is 5.42. The molecule has 0 saturated carbocycles. The molecule has 0 amide bonds. The fraction of sp³-hybridized carbons (Fsp3) is 0.333. The molecule has 62 valence electrons. The van der Waals surface area contributed by atoms with E-state index < -0.39 is 0 Å². The molecule has 1 aromatic heterocycles. The number of aromatic nitrogens is 2. The summed E-state index contributed by atoms with van der Waals surface area (Å²) in [7, 11) is 0. The predicted molar refractivity (Wildman–Crippen MR) is 48.9 cm³/mol. The lowest BCUT2D eigenvalue weighted by molar-refractivity contribution is 1.11. The van der Waals surface area contributed by atoms with E-state index in [1.54, 1.807) is 12.4 Å². The molecule has 0 aromatic carbocycles. The smallest absolute Gasteiger partial charge is 0.237 e. The first-order valence-corrected chi connectivity index (χ1v) is 4.06. The average molecular weight is 219 g/mol. The molecule has 0 spiro atoms. The first-order valence-electron chi connectivity index (χ1n) is 3.27. The molecule has 0 aliphatic heterocycles. The molecule has 5 heteroatoms. The maximum atomic E-state index is 5.01. The number of rotatable bonds is 1. The molecule has 0 aliphatic rings. The highest BCUT2D eigenvalue weighted by Gasteiger charge is 1.88. The van der Waals surface area contributed by atoms with Crippen molar-refractivity contribution in [3.05, 3.63) is 16.9 Å². The predicted octanol–water partition coefficient (Wildman–Crippen LogP) is 1.55. The number of hydrazine groups is 1. The maximum absolute atomic E-state index is 5.01. The number of anilines is 1. The fourth-order valence-corrected chi connectivity index (χ4v) is 0.592. The second-order valence-electron chi connectivity index (χ2n) is 1.37. The number of nitrogens with zero attached hydrogens (tertiary/aromatic N) is 2. The first-order chi connectivity index (χ1) is 5.33. The highest BCUT2D eigenvalue weighted by molar-refractivity contribution is 9.10. The number of nitrogen functional groups attached to an aromatic ring is 1. The Morgan fingerprint density at radius 1 is 1.36 bits per heavy atom. The van der Waals surface area contributed by atoms with Gasteiger partial charge in [-0.15, -0.1) is 0 Å². The minimum Gasteiger partial charge on any atom is -0.292 e. The maximum Gasteiger partial charge on any atom is 0.237 e. The van der Waals surface area contributed by atoms with Crippen LogP contribution in [0.1, 0.15) is 13.8 Å². The zero-order valence-corrected chi connectivity index (χ0v) is 8.09. The lowest BCUT2D eigenvalue weighted by atomic mass is 10.7. The number of hydrogen-bond acceptors (Lipinski definition) is 4. The Kier molecular flexibility index (Phi) is 5.68. The summed E-state index contributed by atoms with van der Waals surface area (Å²) < 4.78 is 0.835. The summed E-state index contributed by atoms with van der Waals surface area (Å²) in [5, 5.41) is 0. The van der Waals surface area contributed by atoms with Gasteiger partial charge < -0.3 is 0 Å². The van der Waals surface area contributed by atoms with Crippen LogP contribution in [0.2, 0.25) is 0 Å². The van der Waals surface area contributed by atoms with E-state index in [-0.39, 0.29) is 0 Å². The van der Waals surface area contributed by atoms with Gasteiger partial charge in [0.2, 0.25) is 5.95 Å². The quantitative estimate of drug-likeness (QED) is 0.555. The van der Waals surface area contributed by atoms with Crippen LogP contribution in [-0.2, 0) is 0 Å². The van der Waals surface area contributed by atoms with Crippen molar-refractivity contribution in [2.75, 3.05) is 5.43 Å². The molecule has 1 heterocycles. The summed E-state index contributed by atoms with van der Waals surface area (Å²) in [6, 6.07) is 0. The van der Waals surface area contributed by atoms with Crippen molar-refractivity contribution in [3.63, 3.8) is 0 Å². The molecular weight excluding hydrogens is 208 g/mol. The Labute approximate surface area is 74.3 Å². The lowest BCUT2D eigenvalue weighted by Crippen LogP contribution is -2.09. The Hall–Kier alpha value is -0.680. The van der Waals surface area contributed by atoms with Gasteiger partial charge in [-0.2, -0.15) is 0 Å². The van der Waals surface area contributed by atoms with Crippen molar-refractivity contribution in [1.29, 1.82) is 0 Å². The third-order valence-corrected chi connectivity index (χ3v) is 1.16. The average Bonchev–Trinajstić information content (AvgIpc) is 2.10. The van der Waals surface area contributed by atoms with E-state index in [1.165, 1.54) is 0 Å².